The molecule has 1 aliphatic rings. The van der Waals surface area contributed by atoms with Crippen LogP contribution in [0.1, 0.15) is 39.5 Å². The van der Waals surface area contributed by atoms with E-state index in [0.717, 1.165) is 6.42 Å². The third-order valence-electron chi connectivity index (χ3n) is 3.05. The molecular weight excluding hydrogens is 220 g/mol. The van der Waals surface area contributed by atoms with Gasteiger partial charge in [0.25, 0.3) is 0 Å². The Morgan fingerprint density at radius 3 is 2.47 bits per heavy atom. The first-order chi connectivity index (χ1) is 7.84. The largest absolute Gasteiger partial charge is 0.444 e. The average molecular weight is 242 g/mol. The monoisotopic (exact) mass is 242 g/mol. The van der Waals surface area contributed by atoms with Gasteiger partial charge in [0, 0.05) is 13.0 Å². The quantitative estimate of drug-likeness (QED) is 0.739. The lowest BCUT2D eigenvalue weighted by Crippen LogP contribution is -2.38. The number of carbonyl (C=O) groups is 2. The van der Waals surface area contributed by atoms with Crippen molar-refractivity contribution in [1.29, 1.82) is 0 Å². The van der Waals surface area contributed by atoms with Gasteiger partial charge in [0.1, 0.15) is 5.60 Å². The summed E-state index contributed by atoms with van der Waals surface area (Å²) in [6, 6.07) is 0. The highest BCUT2D eigenvalue weighted by Crippen LogP contribution is 2.38. The molecule has 5 heteroatoms. The molecule has 5 nitrogen and oxygen atoms in total. The van der Waals surface area contributed by atoms with E-state index in [2.05, 4.69) is 5.32 Å². The Bertz CT molecular complexity index is 298. The van der Waals surface area contributed by atoms with Crippen molar-refractivity contribution in [3.63, 3.8) is 0 Å². The molecule has 0 unspecified atom stereocenters. The zero-order valence-electron chi connectivity index (χ0n) is 10.8. The van der Waals surface area contributed by atoms with Gasteiger partial charge in [-0.05, 0) is 32.6 Å². The number of amides is 2. The Morgan fingerprint density at radius 2 is 2.06 bits per heavy atom. The fourth-order valence-electron chi connectivity index (χ4n) is 2.15. The van der Waals surface area contributed by atoms with Gasteiger partial charge in [-0.25, -0.2) is 4.79 Å². The van der Waals surface area contributed by atoms with Crippen LogP contribution in [0.15, 0.2) is 0 Å². The van der Waals surface area contributed by atoms with Crippen molar-refractivity contribution in [3.8, 4) is 0 Å². The summed E-state index contributed by atoms with van der Waals surface area (Å²) in [5.41, 5.74) is 4.32. The number of carbonyl (C=O) groups excluding carboxylic acids is 2. The molecule has 0 aliphatic heterocycles. The van der Waals surface area contributed by atoms with Crippen LogP contribution in [0.5, 0.6) is 0 Å². The molecule has 1 fully saturated rings. The van der Waals surface area contributed by atoms with Crippen molar-refractivity contribution >= 4 is 12.0 Å². The molecule has 3 N–H and O–H groups in total. The summed E-state index contributed by atoms with van der Waals surface area (Å²) in [6.07, 6.45) is 2.98. The van der Waals surface area contributed by atoms with E-state index in [9.17, 15) is 9.59 Å². The predicted molar refractivity (Wildman–Crippen MR) is 64.3 cm³/mol. The van der Waals surface area contributed by atoms with Gasteiger partial charge in [-0.15, -0.1) is 0 Å². The minimum absolute atomic E-state index is 0.0121. The van der Waals surface area contributed by atoms with Gasteiger partial charge in [-0.1, -0.05) is 12.8 Å². The van der Waals surface area contributed by atoms with Gasteiger partial charge in [-0.2, -0.15) is 0 Å². The predicted octanol–water partition coefficient (Wildman–Crippen LogP) is 1.41. The zero-order valence-corrected chi connectivity index (χ0v) is 10.8. The van der Waals surface area contributed by atoms with Gasteiger partial charge in [0.05, 0.1) is 0 Å². The second-order valence-electron chi connectivity index (χ2n) is 5.38. The SMILES string of the molecule is CNC(=O)[C@@H](CC1CC1)CC(C)(C)OC(N)=O. The molecule has 0 radical (unpaired) electrons. The van der Waals surface area contributed by atoms with Gasteiger partial charge in [-0.3, -0.25) is 4.79 Å². The third kappa shape index (κ3) is 5.06. The summed E-state index contributed by atoms with van der Waals surface area (Å²) in [7, 11) is 1.63. The van der Waals surface area contributed by atoms with Crippen molar-refractivity contribution in [2.75, 3.05) is 7.05 Å². The van der Waals surface area contributed by atoms with E-state index in [1.54, 1.807) is 20.9 Å². The Hall–Kier alpha value is -1.26. The summed E-state index contributed by atoms with van der Waals surface area (Å²) in [4.78, 5) is 22.5. The van der Waals surface area contributed by atoms with Gasteiger partial charge in [0.2, 0.25) is 5.91 Å². The molecule has 0 bridgehead atoms. The fourth-order valence-corrected chi connectivity index (χ4v) is 2.15. The van der Waals surface area contributed by atoms with Gasteiger partial charge < -0.3 is 15.8 Å². The molecule has 0 aromatic heterocycles. The summed E-state index contributed by atoms with van der Waals surface area (Å²) >= 11 is 0. The van der Waals surface area contributed by atoms with E-state index < -0.39 is 11.7 Å². The van der Waals surface area contributed by atoms with E-state index in [1.807, 2.05) is 0 Å². The topological polar surface area (TPSA) is 81.4 Å². The zero-order chi connectivity index (χ0) is 13.1. The lowest BCUT2D eigenvalue weighted by atomic mass is 9.88. The molecule has 0 aromatic carbocycles. The number of nitrogens with two attached hydrogens (primary N) is 1. The smallest absolute Gasteiger partial charge is 0.405 e. The van der Waals surface area contributed by atoms with Crippen LogP contribution < -0.4 is 11.1 Å². The van der Waals surface area contributed by atoms with Crippen LogP contribution in [0.4, 0.5) is 4.79 Å². The van der Waals surface area contributed by atoms with Crippen molar-refractivity contribution in [3.05, 3.63) is 0 Å². The lowest BCUT2D eigenvalue weighted by molar-refractivity contribution is -0.126. The molecular formula is C12H22N2O3. The number of ether oxygens (including phenoxy) is 1. The first kappa shape index (κ1) is 13.8. The molecule has 0 heterocycles. The molecule has 0 saturated heterocycles. The van der Waals surface area contributed by atoms with Gasteiger partial charge >= 0.3 is 6.09 Å². The Kier molecular flexibility index (Phi) is 4.37. The molecule has 17 heavy (non-hydrogen) atoms. The second kappa shape index (κ2) is 5.38. The summed E-state index contributed by atoms with van der Waals surface area (Å²) in [5.74, 6) is 0.557. The number of rotatable bonds is 6. The van der Waals surface area contributed by atoms with Crippen molar-refractivity contribution in [2.24, 2.45) is 17.6 Å². The maximum absolute atomic E-state index is 11.8. The Balaban J connectivity index is 2.56. The number of nitrogens with one attached hydrogen (secondary N) is 1. The van der Waals surface area contributed by atoms with E-state index in [-0.39, 0.29) is 11.8 Å². The number of primary amides is 1. The van der Waals surface area contributed by atoms with Crippen LogP contribution >= 0.6 is 0 Å². The van der Waals surface area contributed by atoms with E-state index >= 15 is 0 Å². The number of hydrogen-bond acceptors (Lipinski definition) is 3. The number of hydrogen-bond donors (Lipinski definition) is 2. The van der Waals surface area contributed by atoms with Crippen molar-refractivity contribution in [1.82, 2.24) is 5.32 Å². The lowest BCUT2D eigenvalue weighted by Gasteiger charge is -2.28. The second-order valence-corrected chi connectivity index (χ2v) is 5.38. The molecule has 1 atom stereocenters. The minimum atomic E-state index is -0.794. The van der Waals surface area contributed by atoms with E-state index in [0.29, 0.717) is 12.3 Å². The fraction of sp³-hybridized carbons (Fsp3) is 0.833. The van der Waals surface area contributed by atoms with Crippen molar-refractivity contribution in [2.45, 2.75) is 45.1 Å². The summed E-state index contributed by atoms with van der Waals surface area (Å²) in [6.45, 7) is 3.56. The highest BCUT2D eigenvalue weighted by atomic mass is 16.6. The molecule has 1 aliphatic carbocycles. The van der Waals surface area contributed by atoms with Crippen molar-refractivity contribution < 1.29 is 14.3 Å². The average Bonchev–Trinajstić information content (AvgIpc) is 2.96. The molecule has 2 amide bonds. The molecule has 1 rings (SSSR count). The maximum Gasteiger partial charge on any atom is 0.405 e. The third-order valence-corrected chi connectivity index (χ3v) is 3.05. The minimum Gasteiger partial charge on any atom is -0.444 e. The molecule has 0 aromatic rings. The van der Waals surface area contributed by atoms with Crippen LogP contribution in [0.3, 0.4) is 0 Å². The molecule has 98 valence electrons. The van der Waals surface area contributed by atoms with Crippen LogP contribution in [0, 0.1) is 11.8 Å². The van der Waals surface area contributed by atoms with Crippen LogP contribution in [0.2, 0.25) is 0 Å². The summed E-state index contributed by atoms with van der Waals surface area (Å²) in [5, 5.41) is 2.66. The van der Waals surface area contributed by atoms with E-state index in [4.69, 9.17) is 10.5 Å². The highest BCUT2D eigenvalue weighted by Gasteiger charge is 2.34. The Labute approximate surface area is 102 Å². The first-order valence-corrected chi connectivity index (χ1v) is 6.04. The first-order valence-electron chi connectivity index (χ1n) is 6.04. The molecule has 1 saturated carbocycles. The summed E-state index contributed by atoms with van der Waals surface area (Å²) < 4.78 is 5.02. The van der Waals surface area contributed by atoms with Gasteiger partial charge in [0.15, 0.2) is 0 Å². The highest BCUT2D eigenvalue weighted by molar-refractivity contribution is 5.78. The Morgan fingerprint density at radius 1 is 1.47 bits per heavy atom. The normalized spacial score (nSPS) is 17.4. The van der Waals surface area contributed by atoms with Crippen LogP contribution in [0.25, 0.3) is 0 Å². The maximum atomic E-state index is 11.8. The van der Waals surface area contributed by atoms with Crippen LogP contribution in [-0.4, -0.2) is 24.6 Å². The van der Waals surface area contributed by atoms with E-state index in [1.165, 1.54) is 12.8 Å². The standard InChI is InChI=1S/C12H22N2O3/c1-12(2,17-11(13)16)7-9(10(15)14-3)6-8-4-5-8/h8-9H,4-7H2,1-3H3,(H2,13,16)(H,14,15)/t9-/m0/s1. The molecule has 0 spiro atoms. The van der Waals surface area contributed by atoms with Crippen LogP contribution in [-0.2, 0) is 9.53 Å².